The van der Waals surface area contributed by atoms with Crippen LogP contribution >= 0.6 is 0 Å². The third-order valence-corrected chi connectivity index (χ3v) is 3.94. The number of carbonyl (C=O) groups is 1. The molecule has 1 fully saturated rings. The highest BCUT2D eigenvalue weighted by Crippen LogP contribution is 2.26. The summed E-state index contributed by atoms with van der Waals surface area (Å²) >= 11 is 0. The average molecular weight is 239 g/mol. The molecule has 1 aliphatic carbocycles. The second-order valence-electron chi connectivity index (χ2n) is 6.09. The zero-order valence-corrected chi connectivity index (χ0v) is 11.6. The largest absolute Gasteiger partial charge is 0.330 e. The van der Waals surface area contributed by atoms with Crippen LogP contribution in [0.4, 0.5) is 0 Å². The Hall–Kier alpha value is -0.370. The summed E-state index contributed by atoms with van der Waals surface area (Å²) in [4.78, 5) is 12.2. The summed E-state index contributed by atoms with van der Waals surface area (Å²) in [5.74, 6) is 1.89. The van der Waals surface area contributed by atoms with Crippen molar-refractivity contribution in [3.63, 3.8) is 0 Å². The van der Waals surface area contributed by atoms with Crippen molar-refractivity contribution >= 4 is 5.78 Å². The minimum atomic E-state index is 0.346. The Morgan fingerprint density at radius 3 is 2.24 bits per heavy atom. The highest BCUT2D eigenvalue weighted by Gasteiger charge is 2.22. The van der Waals surface area contributed by atoms with Gasteiger partial charge in [-0.25, -0.2) is 0 Å². The van der Waals surface area contributed by atoms with Gasteiger partial charge in [-0.3, -0.25) is 4.79 Å². The molecule has 1 saturated carbocycles. The third-order valence-electron chi connectivity index (χ3n) is 3.94. The van der Waals surface area contributed by atoms with Crippen LogP contribution in [0.15, 0.2) is 0 Å². The zero-order chi connectivity index (χ0) is 12.7. The SMILES string of the molecule is CC(C)CC(CN)CC(=O)C1CCCCCC1. The summed E-state index contributed by atoms with van der Waals surface area (Å²) < 4.78 is 0. The van der Waals surface area contributed by atoms with Gasteiger partial charge in [0.2, 0.25) is 0 Å². The highest BCUT2D eigenvalue weighted by atomic mass is 16.1. The molecule has 1 atom stereocenters. The van der Waals surface area contributed by atoms with Crippen LogP contribution in [0.3, 0.4) is 0 Å². The number of ketones is 1. The quantitative estimate of drug-likeness (QED) is 0.720. The first-order chi connectivity index (χ1) is 8.13. The van der Waals surface area contributed by atoms with Gasteiger partial charge in [0.15, 0.2) is 0 Å². The molecule has 0 heterocycles. The number of Topliss-reactive ketones (excluding diaryl/α,β-unsaturated/α-hetero) is 1. The first-order valence-electron chi connectivity index (χ1n) is 7.36. The van der Waals surface area contributed by atoms with Crippen LogP contribution in [0.5, 0.6) is 0 Å². The Bertz CT molecular complexity index is 217. The van der Waals surface area contributed by atoms with Crippen LogP contribution in [-0.4, -0.2) is 12.3 Å². The first-order valence-corrected chi connectivity index (χ1v) is 7.36. The minimum absolute atomic E-state index is 0.346. The number of carbonyl (C=O) groups excluding carboxylic acids is 1. The molecule has 0 spiro atoms. The lowest BCUT2D eigenvalue weighted by Gasteiger charge is -2.19. The van der Waals surface area contributed by atoms with E-state index in [2.05, 4.69) is 13.8 Å². The first kappa shape index (κ1) is 14.7. The van der Waals surface area contributed by atoms with Crippen LogP contribution in [0.2, 0.25) is 0 Å². The maximum Gasteiger partial charge on any atom is 0.136 e. The van der Waals surface area contributed by atoms with E-state index in [1.165, 1.54) is 25.7 Å². The lowest BCUT2D eigenvalue weighted by atomic mass is 9.86. The molecule has 1 aliphatic rings. The zero-order valence-electron chi connectivity index (χ0n) is 11.6. The standard InChI is InChI=1S/C15H29NO/c1-12(2)9-13(11-16)10-15(17)14-7-5-3-4-6-8-14/h12-14H,3-11,16H2,1-2H3. The number of hydrogen-bond donors (Lipinski definition) is 1. The van der Waals surface area contributed by atoms with Crippen LogP contribution in [0.1, 0.15) is 65.2 Å². The van der Waals surface area contributed by atoms with E-state index in [4.69, 9.17) is 5.73 Å². The molecule has 17 heavy (non-hydrogen) atoms. The third kappa shape index (κ3) is 5.67. The van der Waals surface area contributed by atoms with E-state index in [1.807, 2.05) is 0 Å². The van der Waals surface area contributed by atoms with Crippen LogP contribution < -0.4 is 5.73 Å². The Morgan fingerprint density at radius 2 is 1.76 bits per heavy atom. The van der Waals surface area contributed by atoms with E-state index < -0.39 is 0 Å². The minimum Gasteiger partial charge on any atom is -0.330 e. The molecular formula is C15H29NO. The molecule has 2 nitrogen and oxygen atoms in total. The van der Waals surface area contributed by atoms with Gasteiger partial charge in [0.05, 0.1) is 0 Å². The Balaban J connectivity index is 2.39. The molecule has 0 aromatic heterocycles. The van der Waals surface area contributed by atoms with Crippen molar-refractivity contribution < 1.29 is 4.79 Å². The molecule has 0 radical (unpaired) electrons. The number of rotatable bonds is 6. The molecule has 0 saturated heterocycles. The lowest BCUT2D eigenvalue weighted by Crippen LogP contribution is -2.24. The maximum atomic E-state index is 12.2. The summed E-state index contributed by atoms with van der Waals surface area (Å²) in [5, 5.41) is 0. The van der Waals surface area contributed by atoms with E-state index in [0.717, 1.165) is 25.7 Å². The van der Waals surface area contributed by atoms with Gasteiger partial charge in [-0.2, -0.15) is 0 Å². The predicted octanol–water partition coefficient (Wildman–Crippen LogP) is 3.54. The molecule has 100 valence electrons. The molecule has 2 N–H and O–H groups in total. The highest BCUT2D eigenvalue weighted by molar-refractivity contribution is 5.81. The Morgan fingerprint density at radius 1 is 1.18 bits per heavy atom. The molecule has 0 amide bonds. The van der Waals surface area contributed by atoms with Crippen molar-refractivity contribution in [3.05, 3.63) is 0 Å². The molecular weight excluding hydrogens is 210 g/mol. The number of nitrogens with two attached hydrogens (primary N) is 1. The van der Waals surface area contributed by atoms with Gasteiger partial charge in [0, 0.05) is 12.3 Å². The summed E-state index contributed by atoms with van der Waals surface area (Å²) in [6.07, 6.45) is 9.18. The monoisotopic (exact) mass is 239 g/mol. The van der Waals surface area contributed by atoms with Gasteiger partial charge in [-0.1, -0.05) is 39.5 Å². The second kappa shape index (κ2) is 7.86. The lowest BCUT2D eigenvalue weighted by molar-refractivity contribution is -0.124. The van der Waals surface area contributed by atoms with E-state index in [0.29, 0.717) is 30.1 Å². The summed E-state index contributed by atoms with van der Waals surface area (Å²) in [7, 11) is 0. The van der Waals surface area contributed by atoms with E-state index in [-0.39, 0.29) is 0 Å². The van der Waals surface area contributed by atoms with Gasteiger partial charge in [0.25, 0.3) is 0 Å². The average Bonchev–Trinajstić information content (AvgIpc) is 2.55. The predicted molar refractivity (Wildman–Crippen MR) is 72.8 cm³/mol. The summed E-state index contributed by atoms with van der Waals surface area (Å²) in [6, 6.07) is 0. The smallest absolute Gasteiger partial charge is 0.136 e. The van der Waals surface area contributed by atoms with Crippen molar-refractivity contribution in [2.45, 2.75) is 65.2 Å². The molecule has 0 aromatic carbocycles. The van der Waals surface area contributed by atoms with E-state index in [9.17, 15) is 4.79 Å². The summed E-state index contributed by atoms with van der Waals surface area (Å²) in [5.41, 5.74) is 5.78. The molecule has 2 heteroatoms. The van der Waals surface area contributed by atoms with Gasteiger partial charge >= 0.3 is 0 Å². The number of hydrogen-bond acceptors (Lipinski definition) is 2. The topological polar surface area (TPSA) is 43.1 Å². The fourth-order valence-corrected chi connectivity index (χ4v) is 2.98. The van der Waals surface area contributed by atoms with Crippen molar-refractivity contribution in [3.8, 4) is 0 Å². The maximum absolute atomic E-state index is 12.2. The van der Waals surface area contributed by atoms with Crippen LogP contribution in [0, 0.1) is 17.8 Å². The Kier molecular flexibility index (Phi) is 6.79. The molecule has 1 rings (SSSR count). The molecule has 0 aliphatic heterocycles. The van der Waals surface area contributed by atoms with Gasteiger partial charge < -0.3 is 5.73 Å². The van der Waals surface area contributed by atoms with Crippen molar-refractivity contribution in [1.82, 2.24) is 0 Å². The van der Waals surface area contributed by atoms with Gasteiger partial charge in [0.1, 0.15) is 5.78 Å². The normalized spacial score (nSPS) is 20.2. The fraction of sp³-hybridized carbons (Fsp3) is 0.933. The van der Waals surface area contributed by atoms with Crippen molar-refractivity contribution in [2.75, 3.05) is 6.54 Å². The molecule has 0 aromatic rings. The van der Waals surface area contributed by atoms with E-state index in [1.54, 1.807) is 0 Å². The Labute approximate surface area is 106 Å². The summed E-state index contributed by atoms with van der Waals surface area (Å²) in [6.45, 7) is 5.08. The second-order valence-corrected chi connectivity index (χ2v) is 6.09. The van der Waals surface area contributed by atoms with Gasteiger partial charge in [-0.15, -0.1) is 0 Å². The van der Waals surface area contributed by atoms with Crippen molar-refractivity contribution in [1.29, 1.82) is 0 Å². The molecule has 1 unspecified atom stereocenters. The van der Waals surface area contributed by atoms with Crippen molar-refractivity contribution in [2.24, 2.45) is 23.5 Å². The fourth-order valence-electron chi connectivity index (χ4n) is 2.98. The van der Waals surface area contributed by atoms with Crippen LogP contribution in [-0.2, 0) is 4.79 Å². The van der Waals surface area contributed by atoms with Crippen LogP contribution in [0.25, 0.3) is 0 Å². The van der Waals surface area contributed by atoms with Gasteiger partial charge in [-0.05, 0) is 37.6 Å². The van der Waals surface area contributed by atoms with E-state index >= 15 is 0 Å². The molecule has 0 bridgehead atoms.